The summed E-state index contributed by atoms with van der Waals surface area (Å²) in [4.78, 5) is 31.1. The molecule has 1 aromatic rings. The molecular formula is C16H24N4O3S. The van der Waals surface area contributed by atoms with Gasteiger partial charge in [0, 0.05) is 19.6 Å². The van der Waals surface area contributed by atoms with Crippen LogP contribution in [0.15, 0.2) is 0 Å². The molecule has 24 heavy (non-hydrogen) atoms. The van der Waals surface area contributed by atoms with Gasteiger partial charge in [0.15, 0.2) is 5.13 Å². The minimum Gasteiger partial charge on any atom is -0.447 e. The Labute approximate surface area is 145 Å². The van der Waals surface area contributed by atoms with E-state index in [0.29, 0.717) is 30.5 Å². The number of aryl methyl sites for hydroxylation is 1. The highest BCUT2D eigenvalue weighted by Crippen LogP contribution is 2.32. The second-order valence-corrected chi connectivity index (χ2v) is 7.65. The van der Waals surface area contributed by atoms with Gasteiger partial charge in [-0.3, -0.25) is 4.79 Å². The number of aromatic nitrogens is 1. The minimum absolute atomic E-state index is 0.0597. The summed E-state index contributed by atoms with van der Waals surface area (Å²) in [7, 11) is 0. The predicted molar refractivity (Wildman–Crippen MR) is 92.5 cm³/mol. The number of cyclic esters (lactones) is 1. The van der Waals surface area contributed by atoms with Crippen LogP contribution in [0.5, 0.6) is 0 Å². The van der Waals surface area contributed by atoms with Crippen molar-refractivity contribution in [2.75, 3.05) is 31.6 Å². The fraction of sp³-hybridized carbons (Fsp3) is 0.688. The Morgan fingerprint density at radius 1 is 1.50 bits per heavy atom. The molecule has 1 aromatic heterocycles. The Morgan fingerprint density at radius 2 is 2.21 bits per heavy atom. The zero-order chi connectivity index (χ0) is 17.3. The topological polar surface area (TPSA) is 83.6 Å². The second kappa shape index (κ2) is 6.58. The van der Waals surface area contributed by atoms with E-state index in [4.69, 9.17) is 4.74 Å². The lowest BCUT2D eigenvalue weighted by atomic mass is 9.80. The molecular weight excluding hydrogens is 328 g/mol. The molecule has 0 aliphatic carbocycles. The zero-order valence-corrected chi connectivity index (χ0v) is 15.2. The Kier molecular flexibility index (Phi) is 4.67. The highest BCUT2D eigenvalue weighted by Gasteiger charge is 2.43. The van der Waals surface area contributed by atoms with Gasteiger partial charge in [-0.15, -0.1) is 0 Å². The van der Waals surface area contributed by atoms with E-state index in [-0.39, 0.29) is 17.5 Å². The predicted octanol–water partition coefficient (Wildman–Crippen LogP) is 2.23. The normalized spacial score (nSPS) is 24.6. The van der Waals surface area contributed by atoms with Crippen molar-refractivity contribution in [3.63, 3.8) is 0 Å². The lowest BCUT2D eigenvalue weighted by Crippen LogP contribution is -2.52. The smallest absolute Gasteiger partial charge is 0.407 e. The fourth-order valence-electron chi connectivity index (χ4n) is 3.43. The number of rotatable bonds is 4. The molecule has 0 bridgehead atoms. The van der Waals surface area contributed by atoms with Crippen LogP contribution in [0.4, 0.5) is 9.93 Å². The first-order valence-corrected chi connectivity index (χ1v) is 9.20. The summed E-state index contributed by atoms with van der Waals surface area (Å²) in [5.74, 6) is 0.386. The molecule has 0 spiro atoms. The van der Waals surface area contributed by atoms with Crippen LogP contribution in [0.25, 0.3) is 0 Å². The maximum Gasteiger partial charge on any atom is 0.407 e. The lowest BCUT2D eigenvalue weighted by Gasteiger charge is -2.39. The molecule has 1 atom stereocenters. The number of anilines is 1. The molecule has 2 N–H and O–H groups in total. The van der Waals surface area contributed by atoms with Crippen molar-refractivity contribution >= 4 is 28.5 Å². The van der Waals surface area contributed by atoms with Crippen molar-refractivity contribution in [3.05, 3.63) is 10.6 Å². The molecule has 3 heterocycles. The van der Waals surface area contributed by atoms with Crippen LogP contribution in [0.3, 0.4) is 0 Å². The number of piperidine rings is 1. The summed E-state index contributed by atoms with van der Waals surface area (Å²) in [6.07, 6.45) is 1.39. The van der Waals surface area contributed by atoms with Crippen LogP contribution in [0.1, 0.15) is 42.1 Å². The number of hydrogen-bond donors (Lipinski definition) is 2. The van der Waals surface area contributed by atoms with Gasteiger partial charge in [-0.2, -0.15) is 0 Å². The fourth-order valence-corrected chi connectivity index (χ4v) is 4.43. The summed E-state index contributed by atoms with van der Waals surface area (Å²) in [5, 5.41) is 6.88. The number of thiazole rings is 1. The van der Waals surface area contributed by atoms with Crippen molar-refractivity contribution in [1.29, 1.82) is 0 Å². The standard InChI is InChI=1S/C16H24N4O3S/c1-4-17-14-18-10(2)12(24-14)13(21)20-7-5-11(6-8-20)16(3)9-23-15(22)19-16/h11H,4-9H2,1-3H3,(H,17,18)(H,19,22). The number of nitrogens with zero attached hydrogens (tertiary/aromatic N) is 2. The first-order chi connectivity index (χ1) is 11.4. The van der Waals surface area contributed by atoms with E-state index in [1.165, 1.54) is 11.3 Å². The van der Waals surface area contributed by atoms with Crippen molar-refractivity contribution in [2.24, 2.45) is 5.92 Å². The number of nitrogens with one attached hydrogen (secondary N) is 2. The van der Waals surface area contributed by atoms with E-state index < -0.39 is 0 Å². The monoisotopic (exact) mass is 352 g/mol. The van der Waals surface area contributed by atoms with Gasteiger partial charge in [0.1, 0.15) is 11.5 Å². The highest BCUT2D eigenvalue weighted by molar-refractivity contribution is 7.17. The van der Waals surface area contributed by atoms with Crippen LogP contribution in [0.2, 0.25) is 0 Å². The van der Waals surface area contributed by atoms with Crippen LogP contribution < -0.4 is 10.6 Å². The molecule has 0 radical (unpaired) electrons. The molecule has 0 aromatic carbocycles. The third-order valence-corrected chi connectivity index (χ3v) is 6.00. The van der Waals surface area contributed by atoms with Gasteiger partial charge >= 0.3 is 6.09 Å². The zero-order valence-electron chi connectivity index (χ0n) is 14.3. The number of ether oxygens (including phenoxy) is 1. The average Bonchev–Trinajstić information content (AvgIpc) is 3.10. The van der Waals surface area contributed by atoms with Crippen molar-refractivity contribution in [3.8, 4) is 0 Å². The Balaban J connectivity index is 1.62. The molecule has 132 valence electrons. The van der Waals surface area contributed by atoms with E-state index in [1.54, 1.807) is 0 Å². The van der Waals surface area contributed by atoms with Gasteiger partial charge in [0.2, 0.25) is 0 Å². The Hall–Kier alpha value is -1.83. The molecule has 8 heteroatoms. The quantitative estimate of drug-likeness (QED) is 0.868. The van der Waals surface area contributed by atoms with Gasteiger partial charge in [-0.05, 0) is 39.5 Å². The van der Waals surface area contributed by atoms with E-state index in [0.717, 1.165) is 30.2 Å². The van der Waals surface area contributed by atoms with Crippen molar-refractivity contribution in [1.82, 2.24) is 15.2 Å². The van der Waals surface area contributed by atoms with Gasteiger partial charge in [-0.1, -0.05) is 11.3 Å². The SMILES string of the molecule is CCNc1nc(C)c(C(=O)N2CCC(C3(C)COC(=O)N3)CC2)s1. The number of amides is 2. The van der Waals surface area contributed by atoms with Crippen molar-refractivity contribution < 1.29 is 14.3 Å². The highest BCUT2D eigenvalue weighted by atomic mass is 32.1. The number of alkyl carbamates (subject to hydrolysis) is 1. The molecule has 2 aliphatic heterocycles. The van der Waals surface area contributed by atoms with E-state index in [9.17, 15) is 9.59 Å². The number of carbonyl (C=O) groups is 2. The first-order valence-electron chi connectivity index (χ1n) is 8.38. The van der Waals surface area contributed by atoms with Gasteiger partial charge in [-0.25, -0.2) is 9.78 Å². The van der Waals surface area contributed by atoms with Crippen LogP contribution in [-0.2, 0) is 4.74 Å². The lowest BCUT2D eigenvalue weighted by molar-refractivity contribution is 0.0627. The van der Waals surface area contributed by atoms with Crippen LogP contribution in [-0.4, -0.2) is 53.7 Å². The second-order valence-electron chi connectivity index (χ2n) is 6.65. The third-order valence-electron chi connectivity index (χ3n) is 4.89. The summed E-state index contributed by atoms with van der Waals surface area (Å²) in [6.45, 7) is 8.50. The van der Waals surface area contributed by atoms with E-state index in [2.05, 4.69) is 15.6 Å². The third kappa shape index (κ3) is 3.19. The molecule has 3 rings (SSSR count). The van der Waals surface area contributed by atoms with Crippen LogP contribution in [0, 0.1) is 12.8 Å². The van der Waals surface area contributed by atoms with Gasteiger partial charge in [0.25, 0.3) is 5.91 Å². The minimum atomic E-state index is -0.341. The maximum absolute atomic E-state index is 12.8. The Bertz CT molecular complexity index is 639. The van der Waals surface area contributed by atoms with Crippen molar-refractivity contribution in [2.45, 2.75) is 39.2 Å². The summed E-state index contributed by atoms with van der Waals surface area (Å²) in [5.41, 5.74) is 0.469. The number of likely N-dealkylation sites (tertiary alicyclic amines) is 1. The molecule has 0 saturated carbocycles. The van der Waals surface area contributed by atoms with E-state index >= 15 is 0 Å². The molecule has 2 saturated heterocycles. The molecule has 7 nitrogen and oxygen atoms in total. The summed E-state index contributed by atoms with van der Waals surface area (Å²) in [6, 6.07) is 0. The first kappa shape index (κ1) is 17.0. The van der Waals surface area contributed by atoms with Gasteiger partial charge in [0.05, 0.1) is 11.2 Å². The van der Waals surface area contributed by atoms with Gasteiger partial charge < -0.3 is 20.3 Å². The summed E-state index contributed by atoms with van der Waals surface area (Å²) >= 11 is 1.42. The maximum atomic E-state index is 12.8. The molecule has 2 amide bonds. The molecule has 2 fully saturated rings. The van der Waals surface area contributed by atoms with Crippen LogP contribution >= 0.6 is 11.3 Å². The Morgan fingerprint density at radius 3 is 2.79 bits per heavy atom. The number of carbonyl (C=O) groups excluding carboxylic acids is 2. The summed E-state index contributed by atoms with van der Waals surface area (Å²) < 4.78 is 5.06. The number of hydrogen-bond acceptors (Lipinski definition) is 6. The largest absolute Gasteiger partial charge is 0.447 e. The molecule has 2 aliphatic rings. The molecule has 1 unspecified atom stereocenters. The van der Waals surface area contributed by atoms with E-state index in [1.807, 2.05) is 25.7 Å². The average molecular weight is 352 g/mol.